The van der Waals surface area contributed by atoms with Crippen LogP contribution in [-0.2, 0) is 11.0 Å². The predicted molar refractivity (Wildman–Crippen MR) is 54.0 cm³/mol. The molecule has 0 spiro atoms. The Bertz CT molecular complexity index is 455. The number of aromatic nitrogens is 1. The smallest absolute Gasteiger partial charge is 0.421 e. The molecule has 0 aliphatic carbocycles. The number of nitrogens with two attached hydrogens (primary N) is 1. The molecule has 0 saturated carbocycles. The van der Waals surface area contributed by atoms with Crippen molar-refractivity contribution < 1.29 is 22.7 Å². The number of halogens is 3. The van der Waals surface area contributed by atoms with Crippen molar-refractivity contribution in [2.24, 2.45) is 5.73 Å². The molecule has 1 amide bonds. The number of alkyl halides is 3. The van der Waals surface area contributed by atoms with E-state index in [-0.39, 0.29) is 5.56 Å². The lowest BCUT2D eigenvalue weighted by molar-refractivity contribution is -0.139. The van der Waals surface area contributed by atoms with Crippen molar-refractivity contribution in [1.82, 2.24) is 4.98 Å². The van der Waals surface area contributed by atoms with Gasteiger partial charge >= 0.3 is 6.18 Å². The second kappa shape index (κ2) is 4.86. The SMILES string of the molecule is COc1ncc(C=CC(N)=O)cc1C(F)(F)F. The fourth-order valence-electron chi connectivity index (χ4n) is 1.10. The van der Waals surface area contributed by atoms with Crippen molar-refractivity contribution >= 4 is 12.0 Å². The van der Waals surface area contributed by atoms with Crippen LogP contribution < -0.4 is 10.5 Å². The van der Waals surface area contributed by atoms with E-state index in [4.69, 9.17) is 5.73 Å². The molecule has 0 radical (unpaired) electrons. The van der Waals surface area contributed by atoms with Crippen molar-refractivity contribution in [2.45, 2.75) is 6.18 Å². The van der Waals surface area contributed by atoms with Crippen molar-refractivity contribution in [3.05, 3.63) is 29.5 Å². The van der Waals surface area contributed by atoms with Gasteiger partial charge in [-0.15, -0.1) is 0 Å². The Hall–Kier alpha value is -2.05. The molecule has 7 heteroatoms. The Morgan fingerprint density at radius 1 is 1.53 bits per heavy atom. The van der Waals surface area contributed by atoms with Gasteiger partial charge in [-0.25, -0.2) is 4.98 Å². The van der Waals surface area contributed by atoms with E-state index in [9.17, 15) is 18.0 Å². The number of hydrogen-bond acceptors (Lipinski definition) is 3. The molecule has 2 N–H and O–H groups in total. The highest BCUT2D eigenvalue weighted by molar-refractivity contribution is 5.90. The zero-order valence-corrected chi connectivity index (χ0v) is 8.78. The molecule has 0 saturated heterocycles. The molecule has 0 fully saturated rings. The number of carbonyl (C=O) groups excluding carboxylic acids is 1. The van der Waals surface area contributed by atoms with Gasteiger partial charge < -0.3 is 10.5 Å². The fraction of sp³-hybridized carbons (Fsp3) is 0.200. The maximum Gasteiger partial charge on any atom is 0.421 e. The molecule has 92 valence electrons. The van der Waals surface area contributed by atoms with Crippen LogP contribution in [0.15, 0.2) is 18.3 Å². The van der Waals surface area contributed by atoms with Crippen LogP contribution in [0.5, 0.6) is 5.88 Å². The highest BCUT2D eigenvalue weighted by atomic mass is 19.4. The first-order chi connectivity index (χ1) is 7.84. The van der Waals surface area contributed by atoms with Gasteiger partial charge in [0.05, 0.1) is 7.11 Å². The quantitative estimate of drug-likeness (QED) is 0.824. The molecule has 0 aliphatic rings. The summed E-state index contributed by atoms with van der Waals surface area (Å²) in [6, 6.07) is 0.825. The lowest BCUT2D eigenvalue weighted by atomic mass is 10.2. The highest BCUT2D eigenvalue weighted by Crippen LogP contribution is 2.35. The van der Waals surface area contributed by atoms with E-state index in [1.807, 2.05) is 0 Å². The van der Waals surface area contributed by atoms with Crippen LogP contribution in [0.3, 0.4) is 0 Å². The van der Waals surface area contributed by atoms with Crippen LogP contribution in [0.4, 0.5) is 13.2 Å². The van der Waals surface area contributed by atoms with Gasteiger partial charge in [0, 0.05) is 12.3 Å². The Kier molecular flexibility index (Phi) is 3.72. The summed E-state index contributed by atoms with van der Waals surface area (Å²) in [4.78, 5) is 13.9. The van der Waals surface area contributed by atoms with Gasteiger partial charge in [-0.2, -0.15) is 13.2 Å². The van der Waals surface area contributed by atoms with E-state index < -0.39 is 23.5 Å². The minimum absolute atomic E-state index is 0.108. The fourth-order valence-corrected chi connectivity index (χ4v) is 1.10. The van der Waals surface area contributed by atoms with Crippen LogP contribution in [0.1, 0.15) is 11.1 Å². The molecule has 0 aliphatic heterocycles. The van der Waals surface area contributed by atoms with E-state index in [2.05, 4.69) is 9.72 Å². The first kappa shape index (κ1) is 13.0. The zero-order valence-electron chi connectivity index (χ0n) is 8.78. The first-order valence-electron chi connectivity index (χ1n) is 4.43. The molecule has 0 atom stereocenters. The van der Waals surface area contributed by atoms with Crippen LogP contribution in [0, 0.1) is 0 Å². The van der Waals surface area contributed by atoms with Gasteiger partial charge in [0.2, 0.25) is 11.8 Å². The summed E-state index contributed by atoms with van der Waals surface area (Å²) in [5.74, 6) is -1.27. The Balaban J connectivity index is 3.18. The van der Waals surface area contributed by atoms with Gasteiger partial charge in [0.1, 0.15) is 5.56 Å². The van der Waals surface area contributed by atoms with Crippen LogP contribution >= 0.6 is 0 Å². The number of hydrogen-bond donors (Lipinski definition) is 1. The first-order valence-corrected chi connectivity index (χ1v) is 4.43. The summed E-state index contributed by atoms with van der Waals surface area (Å²) < 4.78 is 42.2. The zero-order chi connectivity index (χ0) is 13.1. The van der Waals surface area contributed by atoms with Gasteiger partial charge in [0.25, 0.3) is 0 Å². The molecule has 0 unspecified atom stereocenters. The maximum absolute atomic E-state index is 12.6. The Labute approximate surface area is 94.9 Å². The molecular weight excluding hydrogens is 237 g/mol. The predicted octanol–water partition coefficient (Wildman–Crippen LogP) is 1.61. The average Bonchev–Trinajstić information content (AvgIpc) is 2.24. The number of rotatable bonds is 3. The van der Waals surface area contributed by atoms with Crippen LogP contribution in [0.2, 0.25) is 0 Å². The van der Waals surface area contributed by atoms with Gasteiger partial charge in [-0.3, -0.25) is 4.79 Å². The Morgan fingerprint density at radius 2 is 2.18 bits per heavy atom. The number of nitrogens with zero attached hydrogens (tertiary/aromatic N) is 1. The van der Waals surface area contributed by atoms with Crippen molar-refractivity contribution in [2.75, 3.05) is 7.11 Å². The summed E-state index contributed by atoms with van der Waals surface area (Å²) in [5.41, 5.74) is 3.93. The van der Waals surface area contributed by atoms with E-state index in [1.165, 1.54) is 0 Å². The van der Waals surface area contributed by atoms with Gasteiger partial charge in [0.15, 0.2) is 0 Å². The topological polar surface area (TPSA) is 65.2 Å². The highest BCUT2D eigenvalue weighted by Gasteiger charge is 2.35. The van der Waals surface area contributed by atoms with Gasteiger partial charge in [-0.05, 0) is 17.7 Å². The number of primary amides is 1. The largest absolute Gasteiger partial charge is 0.481 e. The van der Waals surface area contributed by atoms with Crippen molar-refractivity contribution in [1.29, 1.82) is 0 Å². The summed E-state index contributed by atoms with van der Waals surface area (Å²) in [7, 11) is 1.09. The molecule has 1 aromatic heterocycles. The number of carbonyl (C=O) groups is 1. The number of methoxy groups -OCH3 is 1. The van der Waals surface area contributed by atoms with E-state index in [0.29, 0.717) is 0 Å². The normalized spacial score (nSPS) is 11.8. The summed E-state index contributed by atoms with van der Waals surface area (Å²) in [6.07, 6.45) is -1.34. The standard InChI is InChI=1S/C10H9F3N2O2/c1-17-9-7(10(11,12)13)4-6(5-15-9)2-3-8(14)16/h2-5H,1H3,(H2,14,16). The minimum Gasteiger partial charge on any atom is -0.481 e. The third-order valence-electron chi connectivity index (χ3n) is 1.81. The molecule has 0 aromatic carbocycles. The average molecular weight is 246 g/mol. The van der Waals surface area contributed by atoms with Crippen molar-refractivity contribution in [3.63, 3.8) is 0 Å². The third-order valence-corrected chi connectivity index (χ3v) is 1.81. The molecule has 17 heavy (non-hydrogen) atoms. The minimum atomic E-state index is -4.57. The van der Waals surface area contributed by atoms with E-state index in [0.717, 1.165) is 31.5 Å². The molecular formula is C10H9F3N2O2. The summed E-state index contributed by atoms with van der Waals surface area (Å²) >= 11 is 0. The second-order valence-corrected chi connectivity index (χ2v) is 3.06. The van der Waals surface area contributed by atoms with E-state index >= 15 is 0 Å². The number of ether oxygens (including phenoxy) is 1. The molecule has 0 bridgehead atoms. The van der Waals surface area contributed by atoms with Crippen molar-refractivity contribution in [3.8, 4) is 5.88 Å². The molecule has 1 rings (SSSR count). The molecule has 1 aromatic rings. The number of amides is 1. The third kappa shape index (κ3) is 3.47. The monoisotopic (exact) mass is 246 g/mol. The second-order valence-electron chi connectivity index (χ2n) is 3.06. The number of pyridine rings is 1. The van der Waals surface area contributed by atoms with Crippen LogP contribution in [0.25, 0.3) is 6.08 Å². The maximum atomic E-state index is 12.6. The molecule has 4 nitrogen and oxygen atoms in total. The summed E-state index contributed by atoms with van der Waals surface area (Å²) in [6.45, 7) is 0. The summed E-state index contributed by atoms with van der Waals surface area (Å²) in [5, 5.41) is 0. The molecule has 1 heterocycles. The van der Waals surface area contributed by atoms with Crippen LogP contribution in [-0.4, -0.2) is 18.0 Å². The van der Waals surface area contributed by atoms with Gasteiger partial charge in [-0.1, -0.05) is 0 Å². The van der Waals surface area contributed by atoms with E-state index in [1.54, 1.807) is 0 Å². The lowest BCUT2D eigenvalue weighted by Gasteiger charge is -2.10. The Morgan fingerprint density at radius 3 is 2.65 bits per heavy atom. The lowest BCUT2D eigenvalue weighted by Crippen LogP contribution is -2.09.